The molecule has 1 aliphatic rings. The van der Waals surface area contributed by atoms with Crippen LogP contribution in [0.4, 0.5) is 0 Å². The first-order valence-corrected chi connectivity index (χ1v) is 17.9. The predicted octanol–water partition coefficient (Wildman–Crippen LogP) is 3.88. The average molecular weight is 705 g/mol. The minimum absolute atomic E-state index is 0.187. The fourth-order valence-corrected chi connectivity index (χ4v) is 7.40. The third kappa shape index (κ3) is 9.20. The number of likely N-dealkylation sites (N-methyl/N-ethyl adjacent to an activating group) is 1. The smallest absolute Gasteiger partial charge is 0.245 e. The number of nitrogens with zero attached hydrogens (tertiary/aromatic N) is 2. The van der Waals surface area contributed by atoms with Crippen molar-refractivity contribution in [2.75, 3.05) is 20.1 Å². The lowest BCUT2D eigenvalue weighted by Gasteiger charge is -2.32. The fraction of sp³-hybridized carbons (Fsp3) is 0.389. The molecule has 0 bridgehead atoms. The first-order valence-electron chi connectivity index (χ1n) is 16.7. The summed E-state index contributed by atoms with van der Waals surface area (Å²) in [5.41, 5.74) is 15.2. The van der Waals surface area contributed by atoms with Gasteiger partial charge >= 0.3 is 0 Å². The van der Waals surface area contributed by atoms with E-state index in [1.165, 1.54) is 16.7 Å². The number of H-pyrrole nitrogens is 1. The van der Waals surface area contributed by atoms with Gasteiger partial charge in [-0.05, 0) is 80.1 Å². The molecule has 5 rings (SSSR count). The minimum Gasteiger partial charge on any atom is -0.361 e. The van der Waals surface area contributed by atoms with E-state index in [4.69, 9.17) is 23.1 Å². The first-order chi connectivity index (χ1) is 23.8. The summed E-state index contributed by atoms with van der Waals surface area (Å²) in [4.78, 5) is 52.6. The summed E-state index contributed by atoms with van der Waals surface area (Å²) in [6.45, 7) is 1.43. The number of carbonyl (C=O) groups is 3. The normalized spacial score (nSPS) is 19.6. The highest BCUT2D eigenvalue weighted by atomic mass is 35.5. The number of nitrogens with one attached hydrogen (secondary N) is 4. The Morgan fingerprint density at radius 2 is 1.67 bits per heavy atom. The zero-order chi connectivity index (χ0) is 34.8. The van der Waals surface area contributed by atoms with Crippen LogP contribution in [0, 0.1) is 0 Å². The van der Waals surface area contributed by atoms with Crippen molar-refractivity contribution >= 4 is 52.0 Å². The van der Waals surface area contributed by atoms with Crippen LogP contribution in [0.25, 0.3) is 10.9 Å². The molecule has 3 amide bonds. The molecule has 0 saturated carbocycles. The van der Waals surface area contributed by atoms with Crippen molar-refractivity contribution in [3.8, 4) is 0 Å². The molecule has 4 aromatic rings. The molecular formula is C36H45ClN8O3S. The second-order valence-corrected chi connectivity index (χ2v) is 13.7. The van der Waals surface area contributed by atoms with Crippen LogP contribution < -0.4 is 27.4 Å². The molecule has 11 nitrogen and oxygen atoms in total. The fourth-order valence-electron chi connectivity index (χ4n) is 6.07. The number of unbranched alkanes of at least 4 members (excludes halogenated alkanes) is 1. The van der Waals surface area contributed by atoms with E-state index in [0.29, 0.717) is 56.8 Å². The molecule has 260 valence electrons. The Kier molecular flexibility index (Phi) is 13.1. The van der Waals surface area contributed by atoms with Gasteiger partial charge in [0.2, 0.25) is 17.7 Å². The number of aromatic nitrogens is 2. The summed E-state index contributed by atoms with van der Waals surface area (Å²) in [6, 6.07) is 14.9. The van der Waals surface area contributed by atoms with Crippen LogP contribution in [-0.2, 0) is 33.9 Å². The Bertz CT molecular complexity index is 1750. The molecular weight excluding hydrogens is 660 g/mol. The van der Waals surface area contributed by atoms with Crippen molar-refractivity contribution in [1.29, 1.82) is 0 Å². The van der Waals surface area contributed by atoms with Crippen LogP contribution in [0.1, 0.15) is 48.8 Å². The molecule has 13 heteroatoms. The van der Waals surface area contributed by atoms with Gasteiger partial charge in [-0.1, -0.05) is 59.8 Å². The Hall–Kier alpha value is -3.94. The molecule has 3 atom stereocenters. The Morgan fingerprint density at radius 3 is 2.49 bits per heavy atom. The number of carbonyl (C=O) groups excluding carboxylic acids is 3. The maximum atomic E-state index is 14.3. The van der Waals surface area contributed by atoms with Gasteiger partial charge in [0.05, 0.1) is 11.1 Å². The van der Waals surface area contributed by atoms with E-state index < -0.39 is 18.1 Å². The maximum absolute atomic E-state index is 14.3. The van der Waals surface area contributed by atoms with Crippen LogP contribution >= 0.6 is 23.4 Å². The van der Waals surface area contributed by atoms with Gasteiger partial charge in [0, 0.05) is 54.8 Å². The SMILES string of the molecule is CN1C(=O)C(CCCCN)NC(=O)[C@H](CCCN)NCc2cccnc2Sc2c(Cl)cccc2CNC(=O)[C@@H]1Cc1c[nH]c2ccccc12. The molecule has 0 fully saturated rings. The van der Waals surface area contributed by atoms with E-state index in [2.05, 4.69) is 25.9 Å². The van der Waals surface area contributed by atoms with Gasteiger partial charge in [-0.15, -0.1) is 0 Å². The summed E-state index contributed by atoms with van der Waals surface area (Å²) < 4.78 is 0. The molecule has 0 saturated heterocycles. The highest BCUT2D eigenvalue weighted by molar-refractivity contribution is 7.99. The van der Waals surface area contributed by atoms with Crippen molar-refractivity contribution in [1.82, 2.24) is 30.8 Å². The van der Waals surface area contributed by atoms with Gasteiger partial charge < -0.3 is 37.3 Å². The van der Waals surface area contributed by atoms with Gasteiger partial charge in [0.1, 0.15) is 17.1 Å². The van der Waals surface area contributed by atoms with Crippen LogP contribution in [0.5, 0.6) is 0 Å². The van der Waals surface area contributed by atoms with E-state index in [1.54, 1.807) is 13.2 Å². The van der Waals surface area contributed by atoms with E-state index in [0.717, 1.165) is 37.5 Å². The number of hydrogen-bond donors (Lipinski definition) is 6. The molecule has 3 heterocycles. The van der Waals surface area contributed by atoms with Crippen LogP contribution in [0.3, 0.4) is 0 Å². The lowest BCUT2D eigenvalue weighted by molar-refractivity contribution is -0.142. The van der Waals surface area contributed by atoms with Crippen molar-refractivity contribution in [2.24, 2.45) is 11.5 Å². The average Bonchev–Trinajstić information content (AvgIpc) is 3.52. The lowest BCUT2D eigenvalue weighted by atomic mass is 10.0. The quantitative estimate of drug-likeness (QED) is 0.143. The Balaban J connectivity index is 1.55. The van der Waals surface area contributed by atoms with Crippen molar-refractivity contribution in [3.05, 3.63) is 88.7 Å². The highest BCUT2D eigenvalue weighted by Crippen LogP contribution is 2.37. The second kappa shape index (κ2) is 17.6. The zero-order valence-corrected chi connectivity index (χ0v) is 29.3. The number of fused-ring (bicyclic) bond motifs is 3. The van der Waals surface area contributed by atoms with Gasteiger partial charge in [0.15, 0.2) is 0 Å². The third-order valence-corrected chi connectivity index (χ3v) is 10.5. The highest BCUT2D eigenvalue weighted by Gasteiger charge is 2.34. The molecule has 0 aliphatic carbocycles. The number of rotatable bonds is 9. The summed E-state index contributed by atoms with van der Waals surface area (Å²) in [5.74, 6) is -0.975. The standard InChI is InChI=1S/C36H45ClN8O3S/c1-45-31(19-25-22-41-28-13-3-2-11-26(25)28)34(47)43-20-23-9-6-12-27(37)32(23)49-35-24(10-8-18-40-35)21-42-29(15-7-17-39)33(46)44-30(36(45)48)14-4-5-16-38/h2-3,6,8-13,18,22,29-31,41-42H,4-5,7,14-17,19-21,38-39H2,1H3,(H,43,47)(H,44,46)/t29-,30?,31-/m0/s1. The number of para-hydroxylation sites is 1. The van der Waals surface area contributed by atoms with Crippen molar-refractivity contribution < 1.29 is 14.4 Å². The summed E-state index contributed by atoms with van der Waals surface area (Å²) in [6.07, 6.45) is 6.66. The van der Waals surface area contributed by atoms with Crippen LogP contribution in [0.15, 0.2) is 76.9 Å². The minimum atomic E-state index is -0.875. The number of amides is 3. The number of nitrogens with two attached hydrogens (primary N) is 2. The molecule has 0 spiro atoms. The number of hydrogen-bond acceptors (Lipinski definition) is 8. The van der Waals surface area contributed by atoms with Crippen molar-refractivity contribution in [3.63, 3.8) is 0 Å². The van der Waals surface area contributed by atoms with E-state index in [9.17, 15) is 14.4 Å². The van der Waals surface area contributed by atoms with Gasteiger partial charge in [-0.2, -0.15) is 0 Å². The first kappa shape index (κ1) is 36.3. The summed E-state index contributed by atoms with van der Waals surface area (Å²) >= 11 is 8.16. The van der Waals surface area contributed by atoms with E-state index in [-0.39, 0.29) is 30.7 Å². The van der Waals surface area contributed by atoms with E-state index >= 15 is 0 Å². The lowest BCUT2D eigenvalue weighted by Crippen LogP contribution is -2.57. The predicted molar refractivity (Wildman–Crippen MR) is 194 cm³/mol. The zero-order valence-electron chi connectivity index (χ0n) is 27.7. The van der Waals surface area contributed by atoms with Gasteiger partial charge in [0.25, 0.3) is 0 Å². The third-order valence-electron chi connectivity index (χ3n) is 8.87. The largest absolute Gasteiger partial charge is 0.361 e. The molecule has 1 aliphatic heterocycles. The van der Waals surface area contributed by atoms with Gasteiger partial charge in [-0.25, -0.2) is 4.98 Å². The van der Waals surface area contributed by atoms with E-state index in [1.807, 2.05) is 60.8 Å². The molecule has 1 unspecified atom stereocenters. The maximum Gasteiger partial charge on any atom is 0.245 e. The molecule has 2 aromatic carbocycles. The molecule has 0 radical (unpaired) electrons. The molecule has 49 heavy (non-hydrogen) atoms. The van der Waals surface area contributed by atoms with Gasteiger partial charge in [-0.3, -0.25) is 14.4 Å². The summed E-state index contributed by atoms with van der Waals surface area (Å²) in [5, 5.41) is 11.7. The Labute approximate surface area is 296 Å². The number of aromatic amines is 1. The van der Waals surface area contributed by atoms with Crippen LogP contribution in [0.2, 0.25) is 5.02 Å². The van der Waals surface area contributed by atoms with Crippen LogP contribution in [-0.4, -0.2) is 70.9 Å². The Morgan fingerprint density at radius 1 is 0.898 bits per heavy atom. The number of pyridine rings is 1. The molecule has 8 N–H and O–H groups in total. The number of halogens is 1. The van der Waals surface area contributed by atoms with Crippen molar-refractivity contribution in [2.45, 2.75) is 79.7 Å². The molecule has 2 aromatic heterocycles. The second-order valence-electron chi connectivity index (χ2n) is 12.3. The monoisotopic (exact) mass is 704 g/mol. The summed E-state index contributed by atoms with van der Waals surface area (Å²) in [7, 11) is 1.63. The number of benzene rings is 2. The topological polar surface area (TPSA) is 171 Å².